The molecule has 0 fully saturated rings. The van der Waals surface area contributed by atoms with Crippen LogP contribution in [0.1, 0.15) is 47.0 Å². The first kappa shape index (κ1) is 15.9. The Morgan fingerprint density at radius 3 is 2.38 bits per heavy atom. The summed E-state index contributed by atoms with van der Waals surface area (Å²) in [5, 5.41) is 8.56. The van der Waals surface area contributed by atoms with Gasteiger partial charge in [0.1, 0.15) is 0 Å². The predicted octanol–water partition coefficient (Wildman–Crippen LogP) is 2.62. The molecule has 0 saturated carbocycles. The Bertz CT molecular complexity index is 159. The van der Waals surface area contributed by atoms with E-state index in [0.29, 0.717) is 25.7 Å². The standard InChI is InChI=1S/C13H28O3/c1-5-6-13(4,11-12(2)3)16-10-9-15-8-7-14/h12,14H,5-11H2,1-4H3. The average Bonchev–Trinajstić information content (AvgIpc) is 2.16. The first-order valence-corrected chi connectivity index (χ1v) is 6.36. The van der Waals surface area contributed by atoms with E-state index in [4.69, 9.17) is 14.6 Å². The first-order chi connectivity index (χ1) is 7.54. The maximum Gasteiger partial charge on any atom is 0.0707 e. The van der Waals surface area contributed by atoms with Crippen molar-refractivity contribution in [3.8, 4) is 0 Å². The summed E-state index contributed by atoms with van der Waals surface area (Å²) in [7, 11) is 0. The van der Waals surface area contributed by atoms with Crippen LogP contribution in [0.2, 0.25) is 0 Å². The summed E-state index contributed by atoms with van der Waals surface area (Å²) >= 11 is 0. The molecule has 0 radical (unpaired) electrons. The molecule has 98 valence electrons. The van der Waals surface area contributed by atoms with Crippen molar-refractivity contribution in [2.45, 2.75) is 52.6 Å². The number of rotatable bonds is 10. The second-order valence-corrected chi connectivity index (χ2v) is 4.98. The smallest absolute Gasteiger partial charge is 0.0707 e. The quantitative estimate of drug-likeness (QED) is 0.588. The zero-order valence-electron chi connectivity index (χ0n) is 11.3. The molecule has 0 aliphatic rings. The fourth-order valence-corrected chi connectivity index (χ4v) is 2.14. The van der Waals surface area contributed by atoms with Gasteiger partial charge in [0.25, 0.3) is 0 Å². The van der Waals surface area contributed by atoms with E-state index < -0.39 is 0 Å². The number of aliphatic hydroxyl groups is 1. The van der Waals surface area contributed by atoms with E-state index in [0.717, 1.165) is 19.3 Å². The summed E-state index contributed by atoms with van der Waals surface area (Å²) in [6.45, 7) is 10.5. The van der Waals surface area contributed by atoms with Crippen LogP contribution in [0.25, 0.3) is 0 Å². The lowest BCUT2D eigenvalue weighted by Crippen LogP contribution is -2.32. The number of hydrogen-bond acceptors (Lipinski definition) is 3. The summed E-state index contributed by atoms with van der Waals surface area (Å²) in [5.74, 6) is 0.648. The summed E-state index contributed by atoms with van der Waals surface area (Å²) in [6.07, 6.45) is 3.31. The molecule has 0 aromatic heterocycles. The summed E-state index contributed by atoms with van der Waals surface area (Å²) < 4.78 is 11.1. The molecular weight excluding hydrogens is 204 g/mol. The highest BCUT2D eigenvalue weighted by Crippen LogP contribution is 2.25. The molecule has 1 N–H and O–H groups in total. The van der Waals surface area contributed by atoms with Gasteiger partial charge in [-0.25, -0.2) is 0 Å². The van der Waals surface area contributed by atoms with Crippen molar-refractivity contribution in [2.24, 2.45) is 5.92 Å². The summed E-state index contributed by atoms with van der Waals surface area (Å²) in [5.41, 5.74) is -0.0223. The minimum atomic E-state index is -0.0223. The number of aliphatic hydroxyl groups excluding tert-OH is 1. The maximum atomic E-state index is 8.56. The van der Waals surface area contributed by atoms with Gasteiger partial charge in [0.15, 0.2) is 0 Å². The van der Waals surface area contributed by atoms with E-state index in [-0.39, 0.29) is 12.2 Å². The Morgan fingerprint density at radius 2 is 1.88 bits per heavy atom. The lowest BCUT2D eigenvalue weighted by molar-refractivity contribution is -0.0743. The largest absolute Gasteiger partial charge is 0.394 e. The van der Waals surface area contributed by atoms with Crippen molar-refractivity contribution in [2.75, 3.05) is 26.4 Å². The van der Waals surface area contributed by atoms with Crippen LogP contribution in [-0.2, 0) is 9.47 Å². The monoisotopic (exact) mass is 232 g/mol. The van der Waals surface area contributed by atoms with Gasteiger partial charge >= 0.3 is 0 Å². The van der Waals surface area contributed by atoms with Crippen molar-refractivity contribution in [3.05, 3.63) is 0 Å². The van der Waals surface area contributed by atoms with Gasteiger partial charge in [0, 0.05) is 0 Å². The Morgan fingerprint density at radius 1 is 1.19 bits per heavy atom. The third kappa shape index (κ3) is 8.08. The Balaban J connectivity index is 3.83. The normalized spacial score (nSPS) is 15.4. The lowest BCUT2D eigenvalue weighted by atomic mass is 9.90. The molecule has 0 aliphatic heterocycles. The zero-order chi connectivity index (χ0) is 12.4. The van der Waals surface area contributed by atoms with Crippen LogP contribution in [0.4, 0.5) is 0 Å². The Hall–Kier alpha value is -0.120. The van der Waals surface area contributed by atoms with E-state index in [9.17, 15) is 0 Å². The molecule has 1 unspecified atom stereocenters. The molecule has 3 nitrogen and oxygen atoms in total. The van der Waals surface area contributed by atoms with E-state index in [2.05, 4.69) is 27.7 Å². The highest BCUT2D eigenvalue weighted by atomic mass is 16.5. The fraction of sp³-hybridized carbons (Fsp3) is 1.00. The van der Waals surface area contributed by atoms with E-state index in [1.54, 1.807) is 0 Å². The van der Waals surface area contributed by atoms with Crippen LogP contribution in [-0.4, -0.2) is 37.1 Å². The minimum absolute atomic E-state index is 0.0223. The van der Waals surface area contributed by atoms with Crippen LogP contribution < -0.4 is 0 Å². The van der Waals surface area contributed by atoms with Gasteiger partial charge in [-0.1, -0.05) is 27.2 Å². The van der Waals surface area contributed by atoms with Crippen LogP contribution in [0, 0.1) is 5.92 Å². The molecule has 0 aromatic carbocycles. The molecule has 3 heteroatoms. The average molecular weight is 232 g/mol. The molecule has 0 rings (SSSR count). The van der Waals surface area contributed by atoms with Crippen LogP contribution >= 0.6 is 0 Å². The zero-order valence-corrected chi connectivity index (χ0v) is 11.3. The molecule has 0 heterocycles. The van der Waals surface area contributed by atoms with Gasteiger partial charge in [-0.2, -0.15) is 0 Å². The third-order valence-electron chi connectivity index (χ3n) is 2.53. The molecule has 0 amide bonds. The van der Waals surface area contributed by atoms with Crippen molar-refractivity contribution in [1.29, 1.82) is 0 Å². The second-order valence-electron chi connectivity index (χ2n) is 4.98. The molecule has 0 spiro atoms. The van der Waals surface area contributed by atoms with E-state index >= 15 is 0 Å². The van der Waals surface area contributed by atoms with Crippen LogP contribution in [0.15, 0.2) is 0 Å². The molecule has 0 saturated heterocycles. The topological polar surface area (TPSA) is 38.7 Å². The van der Waals surface area contributed by atoms with E-state index in [1.807, 2.05) is 0 Å². The van der Waals surface area contributed by atoms with Gasteiger partial charge in [-0.3, -0.25) is 0 Å². The van der Waals surface area contributed by atoms with Crippen molar-refractivity contribution in [3.63, 3.8) is 0 Å². The Kier molecular flexibility index (Phi) is 8.90. The fourth-order valence-electron chi connectivity index (χ4n) is 2.14. The third-order valence-corrected chi connectivity index (χ3v) is 2.53. The Labute approximate surface area is 100 Å². The highest BCUT2D eigenvalue weighted by molar-refractivity contribution is 4.76. The van der Waals surface area contributed by atoms with Crippen molar-refractivity contribution >= 4 is 0 Å². The molecule has 0 bridgehead atoms. The van der Waals surface area contributed by atoms with Gasteiger partial charge in [0.05, 0.1) is 32.0 Å². The SMILES string of the molecule is CCCC(C)(CC(C)C)OCCOCCO. The molecule has 0 aromatic rings. The van der Waals surface area contributed by atoms with Gasteiger partial charge in [0.2, 0.25) is 0 Å². The van der Waals surface area contributed by atoms with E-state index in [1.165, 1.54) is 0 Å². The highest BCUT2D eigenvalue weighted by Gasteiger charge is 2.24. The van der Waals surface area contributed by atoms with Gasteiger partial charge in [-0.15, -0.1) is 0 Å². The lowest BCUT2D eigenvalue weighted by Gasteiger charge is -2.31. The molecule has 1 atom stereocenters. The van der Waals surface area contributed by atoms with Crippen LogP contribution in [0.5, 0.6) is 0 Å². The maximum absolute atomic E-state index is 8.56. The van der Waals surface area contributed by atoms with Gasteiger partial charge < -0.3 is 14.6 Å². The van der Waals surface area contributed by atoms with Crippen LogP contribution in [0.3, 0.4) is 0 Å². The minimum Gasteiger partial charge on any atom is -0.394 e. The molecule has 0 aliphatic carbocycles. The first-order valence-electron chi connectivity index (χ1n) is 6.36. The van der Waals surface area contributed by atoms with Crippen molar-refractivity contribution in [1.82, 2.24) is 0 Å². The summed E-state index contributed by atoms with van der Waals surface area (Å²) in [6, 6.07) is 0. The predicted molar refractivity (Wildman–Crippen MR) is 66.6 cm³/mol. The molecular formula is C13H28O3. The number of hydrogen-bond donors (Lipinski definition) is 1. The van der Waals surface area contributed by atoms with Crippen molar-refractivity contribution < 1.29 is 14.6 Å². The molecule has 16 heavy (non-hydrogen) atoms. The van der Waals surface area contributed by atoms with Gasteiger partial charge in [-0.05, 0) is 25.7 Å². The second kappa shape index (κ2) is 8.97. The summed E-state index contributed by atoms with van der Waals surface area (Å²) in [4.78, 5) is 0. The number of ether oxygens (including phenoxy) is 2.